The highest BCUT2D eigenvalue weighted by atomic mass is 19.4. The fraction of sp³-hybridized carbons (Fsp3) is 0.200. The van der Waals surface area contributed by atoms with Crippen molar-refractivity contribution in [2.24, 2.45) is 0 Å². The molecule has 0 aliphatic carbocycles. The molecule has 184 valence electrons. The fourth-order valence-corrected chi connectivity index (χ4v) is 4.37. The molecule has 5 aromatic rings. The second-order valence-corrected chi connectivity index (χ2v) is 8.50. The molecule has 11 heteroatoms. The topological polar surface area (TPSA) is 86.2 Å². The maximum Gasteiger partial charge on any atom is 0.405 e. The van der Waals surface area contributed by atoms with Gasteiger partial charge in [0.2, 0.25) is 5.91 Å². The van der Waals surface area contributed by atoms with Gasteiger partial charge in [-0.3, -0.25) is 18.9 Å². The van der Waals surface area contributed by atoms with Crippen LogP contribution in [0.15, 0.2) is 66.1 Å². The van der Waals surface area contributed by atoms with E-state index in [0.717, 1.165) is 27.9 Å². The zero-order chi connectivity index (χ0) is 25.6. The van der Waals surface area contributed by atoms with Gasteiger partial charge in [0.1, 0.15) is 13.1 Å². The molecule has 0 saturated carbocycles. The summed E-state index contributed by atoms with van der Waals surface area (Å²) < 4.78 is 42.2. The van der Waals surface area contributed by atoms with E-state index < -0.39 is 30.9 Å². The zero-order valence-corrected chi connectivity index (χ0v) is 19.4. The summed E-state index contributed by atoms with van der Waals surface area (Å²) >= 11 is 0. The van der Waals surface area contributed by atoms with Crippen molar-refractivity contribution in [2.75, 3.05) is 6.54 Å². The van der Waals surface area contributed by atoms with E-state index in [1.54, 1.807) is 43.1 Å². The SMILES string of the molecule is Cc1cc(-c2nccn3cncc23)ccc1-n1c(=O)n(CC(=O)NCC(F)(F)F)c2cccc(C)c21. The maximum atomic E-state index is 13.5. The number of halogens is 3. The van der Waals surface area contributed by atoms with Crippen LogP contribution in [-0.4, -0.2) is 42.1 Å². The van der Waals surface area contributed by atoms with Crippen LogP contribution in [0.3, 0.4) is 0 Å². The molecule has 0 saturated heterocycles. The van der Waals surface area contributed by atoms with E-state index in [1.165, 1.54) is 9.13 Å². The zero-order valence-electron chi connectivity index (χ0n) is 19.4. The number of fused-ring (bicyclic) bond motifs is 2. The molecule has 3 aromatic heterocycles. The van der Waals surface area contributed by atoms with Crippen LogP contribution in [0.5, 0.6) is 0 Å². The first-order valence-corrected chi connectivity index (χ1v) is 11.1. The summed E-state index contributed by atoms with van der Waals surface area (Å²) in [6.07, 6.45) is 2.34. The third-order valence-electron chi connectivity index (χ3n) is 5.99. The van der Waals surface area contributed by atoms with Gasteiger partial charge >= 0.3 is 11.9 Å². The third-order valence-corrected chi connectivity index (χ3v) is 5.99. The Balaban J connectivity index is 1.60. The van der Waals surface area contributed by atoms with Crippen LogP contribution in [-0.2, 0) is 11.3 Å². The number of nitrogens with one attached hydrogen (secondary N) is 1. The molecule has 1 N–H and O–H groups in total. The van der Waals surface area contributed by atoms with Crippen LogP contribution in [0.2, 0.25) is 0 Å². The highest BCUT2D eigenvalue weighted by Crippen LogP contribution is 2.28. The Morgan fingerprint density at radius 3 is 2.64 bits per heavy atom. The molecule has 1 amide bonds. The number of nitrogens with zero attached hydrogens (tertiary/aromatic N) is 5. The number of aromatic nitrogens is 5. The van der Waals surface area contributed by atoms with Gasteiger partial charge in [0, 0.05) is 18.0 Å². The molecule has 36 heavy (non-hydrogen) atoms. The van der Waals surface area contributed by atoms with Crippen molar-refractivity contribution in [3.05, 3.63) is 82.9 Å². The van der Waals surface area contributed by atoms with Gasteiger partial charge in [-0.15, -0.1) is 0 Å². The Morgan fingerprint density at radius 2 is 1.89 bits per heavy atom. The lowest BCUT2D eigenvalue weighted by Gasteiger charge is -2.11. The predicted molar refractivity (Wildman–Crippen MR) is 128 cm³/mol. The molecule has 0 bridgehead atoms. The molecule has 8 nitrogen and oxygen atoms in total. The lowest BCUT2D eigenvalue weighted by Crippen LogP contribution is -2.38. The number of amides is 1. The fourth-order valence-electron chi connectivity index (χ4n) is 4.37. The molecule has 2 aromatic carbocycles. The molecule has 0 aliphatic rings. The minimum Gasteiger partial charge on any atom is -0.345 e. The van der Waals surface area contributed by atoms with Gasteiger partial charge in [-0.2, -0.15) is 13.2 Å². The number of carbonyl (C=O) groups is 1. The van der Waals surface area contributed by atoms with Crippen molar-refractivity contribution in [2.45, 2.75) is 26.6 Å². The Kier molecular flexibility index (Phi) is 5.62. The highest BCUT2D eigenvalue weighted by molar-refractivity contribution is 5.85. The molecule has 0 spiro atoms. The first-order chi connectivity index (χ1) is 17.1. The van der Waals surface area contributed by atoms with E-state index in [1.807, 2.05) is 41.8 Å². The van der Waals surface area contributed by atoms with Crippen molar-refractivity contribution >= 4 is 22.5 Å². The molecule has 0 aliphatic heterocycles. The molecular weight excluding hydrogens is 473 g/mol. The van der Waals surface area contributed by atoms with Crippen LogP contribution in [0, 0.1) is 13.8 Å². The second kappa shape index (κ2) is 8.67. The first kappa shape index (κ1) is 23.3. The summed E-state index contributed by atoms with van der Waals surface area (Å²) in [6.45, 7) is 1.70. The number of hydrogen-bond acceptors (Lipinski definition) is 4. The number of aryl methyl sites for hydroxylation is 2. The van der Waals surface area contributed by atoms with E-state index in [9.17, 15) is 22.8 Å². The minimum atomic E-state index is -4.54. The van der Waals surface area contributed by atoms with E-state index >= 15 is 0 Å². The second-order valence-electron chi connectivity index (χ2n) is 8.50. The Hall–Kier alpha value is -4.41. The number of hydrogen-bond donors (Lipinski definition) is 1. The van der Waals surface area contributed by atoms with Gasteiger partial charge in [0.05, 0.1) is 40.5 Å². The number of para-hydroxylation sites is 1. The standard InChI is InChI=1S/C25H21F3N6O2/c1-15-4-3-5-19-23(15)34(24(36)33(19)12-21(35)31-13-25(26,27)28)18-7-6-17(10-16(18)2)22-20-11-29-14-32(20)9-8-30-22/h3-11,14H,12-13H2,1-2H3,(H,31,35). The predicted octanol–water partition coefficient (Wildman–Crippen LogP) is 3.80. The number of carbonyl (C=O) groups excluding carboxylic acids is 1. The van der Waals surface area contributed by atoms with Crippen LogP contribution in [0.4, 0.5) is 13.2 Å². The van der Waals surface area contributed by atoms with Gasteiger partial charge in [-0.05, 0) is 43.2 Å². The summed E-state index contributed by atoms with van der Waals surface area (Å²) in [7, 11) is 0. The summed E-state index contributed by atoms with van der Waals surface area (Å²) in [6, 6.07) is 10.8. The summed E-state index contributed by atoms with van der Waals surface area (Å²) in [5.41, 5.74) is 5.08. The third kappa shape index (κ3) is 4.12. The molecule has 0 atom stereocenters. The van der Waals surface area contributed by atoms with Crippen molar-refractivity contribution in [1.82, 2.24) is 28.8 Å². The van der Waals surface area contributed by atoms with E-state index in [-0.39, 0.29) is 0 Å². The molecule has 0 radical (unpaired) electrons. The van der Waals surface area contributed by atoms with Crippen molar-refractivity contribution < 1.29 is 18.0 Å². The monoisotopic (exact) mass is 494 g/mol. The first-order valence-electron chi connectivity index (χ1n) is 11.1. The average Bonchev–Trinajstić information content (AvgIpc) is 3.41. The van der Waals surface area contributed by atoms with E-state index in [0.29, 0.717) is 16.7 Å². The maximum absolute atomic E-state index is 13.5. The van der Waals surface area contributed by atoms with Gasteiger partial charge in [0.15, 0.2) is 0 Å². The summed E-state index contributed by atoms with van der Waals surface area (Å²) in [4.78, 5) is 34.4. The average molecular weight is 494 g/mol. The summed E-state index contributed by atoms with van der Waals surface area (Å²) in [5.74, 6) is -0.901. The van der Waals surface area contributed by atoms with E-state index in [2.05, 4.69) is 9.97 Å². The van der Waals surface area contributed by atoms with E-state index in [4.69, 9.17) is 0 Å². The molecular formula is C25H21F3N6O2. The Morgan fingerprint density at radius 1 is 1.08 bits per heavy atom. The van der Waals surface area contributed by atoms with Gasteiger partial charge in [0.25, 0.3) is 0 Å². The number of benzene rings is 2. The Labute approximate surface area is 202 Å². The van der Waals surface area contributed by atoms with Crippen LogP contribution in [0.25, 0.3) is 33.5 Å². The largest absolute Gasteiger partial charge is 0.405 e. The van der Waals surface area contributed by atoms with Gasteiger partial charge in [-0.1, -0.05) is 18.2 Å². The minimum absolute atomic E-state index is 0.455. The van der Waals surface area contributed by atoms with Crippen LogP contribution >= 0.6 is 0 Å². The van der Waals surface area contributed by atoms with Crippen LogP contribution < -0.4 is 11.0 Å². The van der Waals surface area contributed by atoms with Gasteiger partial charge in [-0.25, -0.2) is 9.78 Å². The molecule has 3 heterocycles. The van der Waals surface area contributed by atoms with Crippen molar-refractivity contribution in [3.8, 4) is 16.9 Å². The van der Waals surface area contributed by atoms with Crippen molar-refractivity contribution in [1.29, 1.82) is 0 Å². The normalized spacial score (nSPS) is 11.9. The molecule has 5 rings (SSSR count). The lowest BCUT2D eigenvalue weighted by atomic mass is 10.1. The highest BCUT2D eigenvalue weighted by Gasteiger charge is 2.28. The lowest BCUT2D eigenvalue weighted by molar-refractivity contribution is -0.138. The molecule has 0 unspecified atom stereocenters. The van der Waals surface area contributed by atoms with Crippen molar-refractivity contribution in [3.63, 3.8) is 0 Å². The molecule has 0 fully saturated rings. The Bertz CT molecular complexity index is 1680. The number of rotatable bonds is 5. The smallest absolute Gasteiger partial charge is 0.345 e. The number of alkyl halides is 3. The van der Waals surface area contributed by atoms with Crippen LogP contribution in [0.1, 0.15) is 11.1 Å². The van der Waals surface area contributed by atoms with Gasteiger partial charge < -0.3 is 9.72 Å². The summed E-state index contributed by atoms with van der Waals surface area (Å²) in [5, 5.41) is 1.83. The number of imidazole rings is 2. The quantitative estimate of drug-likeness (QED) is 0.403.